The second-order valence-corrected chi connectivity index (χ2v) is 15.0. The Morgan fingerprint density at radius 1 is 0.446 bits per heavy atom. The van der Waals surface area contributed by atoms with Gasteiger partial charge in [0, 0.05) is 27.8 Å². The molecule has 0 saturated carbocycles. The van der Waals surface area contributed by atoms with E-state index < -0.39 is 5.41 Å². The predicted octanol–water partition coefficient (Wildman–Crippen LogP) is 12.1. The van der Waals surface area contributed by atoms with Crippen LogP contribution in [-0.4, -0.2) is 19.5 Å². The molecule has 4 nitrogen and oxygen atoms in total. The first-order valence-corrected chi connectivity index (χ1v) is 19.4. The van der Waals surface area contributed by atoms with Crippen molar-refractivity contribution in [3.8, 4) is 62.1 Å². The van der Waals surface area contributed by atoms with Crippen LogP contribution in [0, 0.1) is 0 Å². The minimum atomic E-state index is -0.411. The van der Waals surface area contributed by atoms with Crippen molar-refractivity contribution in [1.29, 1.82) is 0 Å². The molecule has 0 bridgehead atoms. The van der Waals surface area contributed by atoms with Gasteiger partial charge in [-0.25, -0.2) is 4.98 Å². The van der Waals surface area contributed by atoms with Crippen LogP contribution in [0.5, 0.6) is 0 Å². The first-order chi connectivity index (χ1) is 27.8. The molecular weight excluding hydrogens is 681 g/mol. The monoisotopic (exact) mass is 714 g/mol. The highest BCUT2D eigenvalue weighted by Gasteiger charge is 2.51. The molecule has 0 amide bonds. The minimum absolute atomic E-state index is 0.411. The van der Waals surface area contributed by atoms with E-state index in [-0.39, 0.29) is 0 Å². The van der Waals surface area contributed by atoms with Crippen LogP contribution in [0.3, 0.4) is 0 Å². The maximum atomic E-state index is 5.35. The molecule has 12 rings (SSSR count). The van der Waals surface area contributed by atoms with Crippen LogP contribution in [0.15, 0.2) is 176 Å². The van der Waals surface area contributed by atoms with E-state index in [4.69, 9.17) is 15.0 Å². The average molecular weight is 715 g/mol. The van der Waals surface area contributed by atoms with Gasteiger partial charge in [-0.1, -0.05) is 164 Å². The fourth-order valence-corrected chi connectivity index (χ4v) is 9.81. The maximum Gasteiger partial charge on any atom is 0.238 e. The summed E-state index contributed by atoms with van der Waals surface area (Å²) in [6.07, 6.45) is 6.48. The lowest BCUT2D eigenvalue weighted by atomic mass is 9.70. The number of benzene rings is 7. The predicted molar refractivity (Wildman–Crippen MR) is 227 cm³/mol. The highest BCUT2D eigenvalue weighted by Crippen LogP contribution is 2.63. The molecule has 2 heterocycles. The zero-order valence-corrected chi connectivity index (χ0v) is 30.5. The van der Waals surface area contributed by atoms with Crippen LogP contribution < -0.4 is 0 Å². The van der Waals surface area contributed by atoms with Gasteiger partial charge in [-0.15, -0.1) is 0 Å². The molecular formula is C52H34N4. The van der Waals surface area contributed by atoms with E-state index in [2.05, 4.69) is 162 Å². The Kier molecular flexibility index (Phi) is 6.64. The van der Waals surface area contributed by atoms with E-state index in [9.17, 15) is 0 Å². The van der Waals surface area contributed by atoms with Crippen molar-refractivity contribution >= 4 is 17.0 Å². The Hall–Kier alpha value is -7.17. The largest absolute Gasteiger partial charge is 0.282 e. The molecule has 0 N–H and O–H groups in total. The summed E-state index contributed by atoms with van der Waals surface area (Å²) in [6.45, 7) is 0. The quantitative estimate of drug-likeness (QED) is 0.182. The number of hydrogen-bond acceptors (Lipinski definition) is 3. The topological polar surface area (TPSA) is 43.6 Å². The van der Waals surface area contributed by atoms with Crippen molar-refractivity contribution in [3.05, 3.63) is 209 Å². The third-order valence-corrected chi connectivity index (χ3v) is 12.1. The van der Waals surface area contributed by atoms with E-state index in [1.807, 2.05) is 24.3 Å². The van der Waals surface area contributed by atoms with Gasteiger partial charge in [-0.2, -0.15) is 9.97 Å². The standard InChI is InChI=1S/C52H34N4/c1-3-16-33(17-4-1)35-20-15-21-36(30-35)50-53-49(34-18-5-2-6-19-34)54-51(55-50)56-47-29-14-10-25-40(47)42-31-46-41(32-48(42)56)39-24-9-13-28-45(39)52(46)43-26-11-7-22-37(43)38-23-8-12-27-44(38)52/h1-13,15-28,30-32H,14,29H2. The van der Waals surface area contributed by atoms with E-state index in [1.165, 1.54) is 61.2 Å². The van der Waals surface area contributed by atoms with Crippen molar-refractivity contribution in [2.45, 2.75) is 18.3 Å². The lowest BCUT2D eigenvalue weighted by Crippen LogP contribution is -2.25. The van der Waals surface area contributed by atoms with Crippen LogP contribution in [0.4, 0.5) is 0 Å². The van der Waals surface area contributed by atoms with Crippen molar-refractivity contribution in [3.63, 3.8) is 0 Å². The molecule has 0 atom stereocenters. The van der Waals surface area contributed by atoms with E-state index >= 15 is 0 Å². The van der Waals surface area contributed by atoms with Crippen LogP contribution in [0.25, 0.3) is 79.1 Å². The Labute approximate surface area is 325 Å². The van der Waals surface area contributed by atoms with Crippen molar-refractivity contribution in [2.75, 3.05) is 0 Å². The van der Waals surface area contributed by atoms with Gasteiger partial charge in [0.25, 0.3) is 0 Å². The molecule has 4 heteroatoms. The van der Waals surface area contributed by atoms with Crippen molar-refractivity contribution < 1.29 is 0 Å². The SMILES string of the molecule is C1=Cc2c(n(-c3nc(-c4ccccc4)nc(-c4cccc(-c5ccccc5)c4)n3)c3cc4c(cc23)C2(c3ccccc3-c3ccccc32)c2ccccc2-4)CC1. The first-order valence-electron chi connectivity index (χ1n) is 19.4. The van der Waals surface area contributed by atoms with E-state index in [1.54, 1.807) is 0 Å². The lowest BCUT2D eigenvalue weighted by molar-refractivity contribution is 0.795. The van der Waals surface area contributed by atoms with Gasteiger partial charge in [0.15, 0.2) is 11.6 Å². The second kappa shape index (κ2) is 11.9. The number of hydrogen-bond donors (Lipinski definition) is 0. The Bertz CT molecular complexity index is 3040. The Balaban J connectivity index is 1.14. The van der Waals surface area contributed by atoms with Crippen LogP contribution >= 0.6 is 0 Å². The zero-order valence-electron chi connectivity index (χ0n) is 30.5. The van der Waals surface area contributed by atoms with Gasteiger partial charge in [-0.3, -0.25) is 4.57 Å². The van der Waals surface area contributed by atoms with Gasteiger partial charge >= 0.3 is 0 Å². The molecule has 3 aliphatic rings. The summed E-state index contributed by atoms with van der Waals surface area (Å²) in [7, 11) is 0. The Morgan fingerprint density at radius 3 is 1.68 bits per heavy atom. The fourth-order valence-electron chi connectivity index (χ4n) is 9.81. The molecule has 0 saturated heterocycles. The number of nitrogens with zero attached hydrogens (tertiary/aromatic N) is 4. The molecule has 7 aromatic carbocycles. The fraction of sp³-hybridized carbons (Fsp3) is 0.0577. The van der Waals surface area contributed by atoms with Gasteiger partial charge in [0.05, 0.1) is 10.9 Å². The van der Waals surface area contributed by atoms with Gasteiger partial charge in [-0.05, 0) is 86.7 Å². The molecule has 0 aliphatic heterocycles. The van der Waals surface area contributed by atoms with Gasteiger partial charge in [0.1, 0.15) is 0 Å². The van der Waals surface area contributed by atoms with Gasteiger partial charge in [0.2, 0.25) is 5.95 Å². The summed E-state index contributed by atoms with van der Waals surface area (Å²) in [5.41, 5.74) is 17.9. The number of rotatable bonds is 4. The number of aromatic nitrogens is 4. The molecule has 262 valence electrons. The van der Waals surface area contributed by atoms with Crippen LogP contribution in [-0.2, 0) is 11.8 Å². The smallest absolute Gasteiger partial charge is 0.238 e. The van der Waals surface area contributed by atoms with Crippen molar-refractivity contribution in [1.82, 2.24) is 19.5 Å². The molecule has 1 spiro atoms. The van der Waals surface area contributed by atoms with Crippen LogP contribution in [0.2, 0.25) is 0 Å². The van der Waals surface area contributed by atoms with Gasteiger partial charge < -0.3 is 0 Å². The normalized spacial score (nSPS) is 14.0. The molecule has 56 heavy (non-hydrogen) atoms. The molecule has 2 aromatic heterocycles. The third-order valence-electron chi connectivity index (χ3n) is 12.1. The lowest BCUT2D eigenvalue weighted by Gasteiger charge is -2.30. The summed E-state index contributed by atoms with van der Waals surface area (Å²) in [5, 5.41) is 1.22. The minimum Gasteiger partial charge on any atom is -0.282 e. The summed E-state index contributed by atoms with van der Waals surface area (Å²) in [6, 6.07) is 61.3. The molecule has 0 radical (unpaired) electrons. The molecule has 9 aromatic rings. The average Bonchev–Trinajstić information content (AvgIpc) is 3.87. The molecule has 0 fully saturated rings. The summed E-state index contributed by atoms with van der Waals surface area (Å²) >= 11 is 0. The number of allylic oxidation sites excluding steroid dienone is 1. The van der Waals surface area contributed by atoms with E-state index in [0.29, 0.717) is 17.6 Å². The maximum absolute atomic E-state index is 5.35. The summed E-state index contributed by atoms with van der Waals surface area (Å²) < 4.78 is 2.33. The van der Waals surface area contributed by atoms with Crippen LogP contribution in [0.1, 0.15) is 39.9 Å². The van der Waals surface area contributed by atoms with E-state index in [0.717, 1.165) is 40.6 Å². The highest BCUT2D eigenvalue weighted by atomic mass is 15.2. The number of fused-ring (bicyclic) bond motifs is 13. The summed E-state index contributed by atoms with van der Waals surface area (Å²) in [5.74, 6) is 1.94. The Morgan fingerprint density at radius 2 is 1.00 bits per heavy atom. The van der Waals surface area contributed by atoms with Crippen molar-refractivity contribution in [2.24, 2.45) is 0 Å². The zero-order chi connectivity index (χ0) is 36.8. The highest BCUT2D eigenvalue weighted by molar-refractivity contribution is 6.02. The molecule has 0 unspecified atom stereocenters. The first kappa shape index (κ1) is 31.2. The molecule has 3 aliphatic carbocycles. The second-order valence-electron chi connectivity index (χ2n) is 15.0. The third kappa shape index (κ3) is 4.32. The summed E-state index contributed by atoms with van der Waals surface area (Å²) in [4.78, 5) is 15.8.